The predicted octanol–water partition coefficient (Wildman–Crippen LogP) is 4.32. The summed E-state index contributed by atoms with van der Waals surface area (Å²) in [6.07, 6.45) is 2.82. The number of carbonyl (C=O) groups is 1. The van der Waals surface area contributed by atoms with Crippen molar-refractivity contribution >= 4 is 16.9 Å². The number of hydrogen-bond donors (Lipinski definition) is 2. The third-order valence-corrected chi connectivity index (χ3v) is 4.78. The van der Waals surface area contributed by atoms with Crippen LogP contribution in [0.4, 0.5) is 0 Å². The van der Waals surface area contributed by atoms with Crippen molar-refractivity contribution in [1.82, 2.24) is 9.97 Å². The topological polar surface area (TPSA) is 97.6 Å². The number of hydrogen-bond acceptors (Lipinski definition) is 5. The summed E-state index contributed by atoms with van der Waals surface area (Å²) in [5.74, 6) is 0.811. The Bertz CT molecular complexity index is 1180. The van der Waals surface area contributed by atoms with Crippen LogP contribution in [0.2, 0.25) is 0 Å². The number of para-hydroxylation sites is 1. The Hall–Kier alpha value is -3.74. The number of benzene rings is 2. The smallest absolute Gasteiger partial charge is 0.358 e. The minimum atomic E-state index is -1.12. The van der Waals surface area contributed by atoms with Crippen LogP contribution in [0.25, 0.3) is 22.2 Å². The zero-order chi connectivity index (χ0) is 20.4. The number of nitrogens with zero attached hydrogens (tertiary/aromatic N) is 1. The van der Waals surface area contributed by atoms with Gasteiger partial charge in [0.05, 0.1) is 14.2 Å². The number of ether oxygens (including phenoxy) is 2. The van der Waals surface area contributed by atoms with Crippen LogP contribution in [0.1, 0.15) is 21.9 Å². The van der Waals surface area contributed by atoms with Gasteiger partial charge in [-0.25, -0.2) is 9.78 Å². The molecule has 0 saturated carbocycles. The van der Waals surface area contributed by atoms with Gasteiger partial charge in [-0.1, -0.05) is 24.3 Å². The van der Waals surface area contributed by atoms with Gasteiger partial charge in [0, 0.05) is 29.1 Å². The van der Waals surface area contributed by atoms with Crippen molar-refractivity contribution < 1.29 is 23.8 Å². The average molecular weight is 392 g/mol. The summed E-state index contributed by atoms with van der Waals surface area (Å²) >= 11 is 0. The number of H-pyrrole nitrogens is 1. The predicted molar refractivity (Wildman–Crippen MR) is 108 cm³/mol. The van der Waals surface area contributed by atoms with E-state index in [0.29, 0.717) is 35.8 Å². The minimum Gasteiger partial charge on any atom is -0.493 e. The average Bonchev–Trinajstić information content (AvgIpc) is 3.36. The van der Waals surface area contributed by atoms with Crippen LogP contribution in [0.5, 0.6) is 11.5 Å². The lowest BCUT2D eigenvalue weighted by molar-refractivity contribution is 0.0691. The van der Waals surface area contributed by atoms with E-state index >= 15 is 0 Å². The van der Waals surface area contributed by atoms with Crippen molar-refractivity contribution in [2.45, 2.75) is 12.8 Å². The summed E-state index contributed by atoms with van der Waals surface area (Å²) in [5, 5.41) is 10.5. The molecule has 29 heavy (non-hydrogen) atoms. The number of oxazole rings is 1. The van der Waals surface area contributed by atoms with Gasteiger partial charge in [-0.15, -0.1) is 0 Å². The van der Waals surface area contributed by atoms with Crippen molar-refractivity contribution in [3.8, 4) is 22.8 Å². The van der Waals surface area contributed by atoms with E-state index in [9.17, 15) is 9.90 Å². The molecule has 2 heterocycles. The summed E-state index contributed by atoms with van der Waals surface area (Å²) in [6, 6.07) is 13.3. The van der Waals surface area contributed by atoms with Gasteiger partial charge in [-0.2, -0.15) is 0 Å². The lowest BCUT2D eigenvalue weighted by Gasteiger charge is -2.08. The molecule has 7 nitrogen and oxygen atoms in total. The Labute approximate surface area is 166 Å². The van der Waals surface area contributed by atoms with Crippen molar-refractivity contribution in [3.63, 3.8) is 0 Å². The molecule has 0 bridgehead atoms. The molecule has 0 fully saturated rings. The largest absolute Gasteiger partial charge is 0.493 e. The maximum Gasteiger partial charge on any atom is 0.358 e. The number of aryl methyl sites for hydroxylation is 2. The van der Waals surface area contributed by atoms with Crippen LogP contribution in [0.15, 0.2) is 53.1 Å². The first-order valence-electron chi connectivity index (χ1n) is 9.11. The number of methoxy groups -OCH3 is 2. The fraction of sp³-hybridized carbons (Fsp3) is 0.182. The highest BCUT2D eigenvalue weighted by Crippen LogP contribution is 2.32. The molecular formula is C22H20N2O5. The molecule has 2 aromatic heterocycles. The zero-order valence-corrected chi connectivity index (χ0v) is 16.1. The number of nitrogens with one attached hydrogen (secondary N) is 1. The Morgan fingerprint density at radius 1 is 1.10 bits per heavy atom. The highest BCUT2D eigenvalue weighted by molar-refractivity contribution is 6.00. The summed E-state index contributed by atoms with van der Waals surface area (Å²) in [6.45, 7) is 0. The third-order valence-electron chi connectivity index (χ3n) is 4.78. The Morgan fingerprint density at radius 2 is 1.90 bits per heavy atom. The monoisotopic (exact) mass is 392 g/mol. The molecule has 148 valence electrons. The van der Waals surface area contributed by atoms with Crippen molar-refractivity contribution in [3.05, 3.63) is 65.8 Å². The third kappa shape index (κ3) is 3.54. The van der Waals surface area contributed by atoms with Gasteiger partial charge in [0.1, 0.15) is 0 Å². The molecule has 0 unspecified atom stereocenters. The molecule has 0 radical (unpaired) electrons. The Morgan fingerprint density at radius 3 is 2.66 bits per heavy atom. The van der Waals surface area contributed by atoms with Gasteiger partial charge >= 0.3 is 5.97 Å². The minimum absolute atomic E-state index is 0.0861. The molecule has 2 N–H and O–H groups in total. The van der Waals surface area contributed by atoms with Crippen LogP contribution in [-0.4, -0.2) is 35.3 Å². The maximum absolute atomic E-state index is 11.7. The van der Waals surface area contributed by atoms with Crippen molar-refractivity contribution in [2.24, 2.45) is 0 Å². The second-order valence-electron chi connectivity index (χ2n) is 6.53. The second-order valence-corrected chi connectivity index (χ2v) is 6.53. The van der Waals surface area contributed by atoms with Crippen LogP contribution in [0, 0.1) is 0 Å². The van der Waals surface area contributed by atoms with E-state index in [-0.39, 0.29) is 11.5 Å². The fourth-order valence-electron chi connectivity index (χ4n) is 3.35. The molecular weight excluding hydrogens is 372 g/mol. The van der Waals surface area contributed by atoms with Crippen LogP contribution >= 0.6 is 0 Å². The van der Waals surface area contributed by atoms with Crippen molar-refractivity contribution in [1.29, 1.82) is 0 Å². The summed E-state index contributed by atoms with van der Waals surface area (Å²) in [7, 11) is 3.17. The van der Waals surface area contributed by atoms with Gasteiger partial charge in [-0.3, -0.25) is 0 Å². The number of carboxylic acid groups (broad SMARTS) is 1. The zero-order valence-electron chi connectivity index (χ0n) is 16.1. The number of aromatic amines is 1. The van der Waals surface area contributed by atoms with E-state index in [1.165, 1.54) is 0 Å². The molecule has 0 aliphatic rings. The molecule has 0 spiro atoms. The lowest BCUT2D eigenvalue weighted by atomic mass is 10.1. The molecule has 0 atom stereocenters. The summed E-state index contributed by atoms with van der Waals surface area (Å²) in [4.78, 5) is 19.1. The quantitative estimate of drug-likeness (QED) is 0.486. The van der Waals surface area contributed by atoms with Gasteiger partial charge in [-0.05, 0) is 30.2 Å². The molecule has 7 heteroatoms. The number of fused-ring (bicyclic) bond motifs is 1. The number of carboxylic acids is 1. The molecule has 0 aliphatic carbocycles. The van der Waals surface area contributed by atoms with E-state index in [0.717, 1.165) is 16.5 Å². The van der Waals surface area contributed by atoms with Crippen LogP contribution < -0.4 is 9.47 Å². The normalized spacial score (nSPS) is 11.0. The van der Waals surface area contributed by atoms with Crippen LogP contribution in [0.3, 0.4) is 0 Å². The highest BCUT2D eigenvalue weighted by atomic mass is 16.5. The second kappa shape index (κ2) is 7.71. The fourth-order valence-corrected chi connectivity index (χ4v) is 3.35. The number of rotatable bonds is 7. The van der Waals surface area contributed by atoms with Crippen molar-refractivity contribution in [2.75, 3.05) is 14.2 Å². The standard InChI is InChI=1S/C22H20N2O5/c1-27-17-9-7-13(11-18(17)28-2)8-10-19-24-20(22(25)26)21(29-19)15-12-23-16-6-4-3-5-14(15)16/h3-7,9,11-12,23H,8,10H2,1-2H3,(H,25,26). The first-order valence-corrected chi connectivity index (χ1v) is 9.11. The van der Waals surface area contributed by atoms with E-state index in [1.54, 1.807) is 20.4 Å². The van der Waals surface area contributed by atoms with Gasteiger partial charge in [0.2, 0.25) is 0 Å². The van der Waals surface area contributed by atoms with Gasteiger partial charge < -0.3 is 24.0 Å². The van der Waals surface area contributed by atoms with E-state index in [2.05, 4.69) is 9.97 Å². The van der Waals surface area contributed by atoms with Gasteiger partial charge in [0.25, 0.3) is 0 Å². The first-order chi connectivity index (χ1) is 14.1. The maximum atomic E-state index is 11.7. The van der Waals surface area contributed by atoms with Gasteiger partial charge in [0.15, 0.2) is 28.8 Å². The summed E-state index contributed by atoms with van der Waals surface area (Å²) < 4.78 is 16.5. The molecule has 0 saturated heterocycles. The SMILES string of the molecule is COc1ccc(CCc2nc(C(=O)O)c(-c3c[nH]c4ccccc34)o2)cc1OC. The highest BCUT2D eigenvalue weighted by Gasteiger charge is 2.23. The molecule has 0 aliphatic heterocycles. The molecule has 0 amide bonds. The summed E-state index contributed by atoms with van der Waals surface area (Å²) in [5.41, 5.74) is 2.51. The number of aromatic nitrogens is 2. The van der Waals surface area contributed by atoms with E-state index in [4.69, 9.17) is 13.9 Å². The first kappa shape index (κ1) is 18.6. The molecule has 4 rings (SSSR count). The van der Waals surface area contributed by atoms with E-state index in [1.807, 2.05) is 42.5 Å². The Balaban J connectivity index is 1.63. The molecule has 4 aromatic rings. The molecule has 2 aromatic carbocycles. The lowest BCUT2D eigenvalue weighted by Crippen LogP contribution is -2.00. The number of aromatic carboxylic acids is 1. The Kier molecular flexibility index (Phi) is 4.95. The van der Waals surface area contributed by atoms with E-state index < -0.39 is 5.97 Å². The van der Waals surface area contributed by atoms with Crippen LogP contribution in [-0.2, 0) is 12.8 Å².